The fourth-order valence-corrected chi connectivity index (χ4v) is 8.61. The third-order valence-electron chi connectivity index (χ3n) is 9.16. The maximum Gasteiger partial charge on any atom is 0.244 e. The van der Waals surface area contributed by atoms with Gasteiger partial charge in [0.25, 0.3) is 0 Å². The zero-order valence-corrected chi connectivity index (χ0v) is 24.5. The zero-order valence-electron chi connectivity index (χ0n) is 22.9. The number of amides is 2. The molecule has 210 valence electrons. The maximum absolute atomic E-state index is 13.6. The van der Waals surface area contributed by atoms with E-state index in [1.807, 2.05) is 12.1 Å². The summed E-state index contributed by atoms with van der Waals surface area (Å²) in [6.45, 7) is 1.38. The molecule has 4 bridgehead atoms. The molecule has 1 N–H and O–H groups in total. The van der Waals surface area contributed by atoms with Gasteiger partial charge >= 0.3 is 0 Å². The van der Waals surface area contributed by atoms with Gasteiger partial charge in [-0.25, -0.2) is 8.42 Å². The average molecular weight is 572 g/mol. The molecule has 0 saturated heterocycles. The second-order valence-electron chi connectivity index (χ2n) is 12.0. The van der Waals surface area contributed by atoms with Crippen molar-refractivity contribution in [1.29, 1.82) is 0 Å². The minimum Gasteiger partial charge on any atom is -0.357 e. The lowest BCUT2D eigenvalue weighted by atomic mass is 9.48. The van der Waals surface area contributed by atoms with Crippen molar-refractivity contribution in [3.63, 3.8) is 0 Å². The third-order valence-corrected chi connectivity index (χ3v) is 10.6. The number of nitrogens with zero attached hydrogens (tertiary/aromatic N) is 2. The number of benzene rings is 2. The monoisotopic (exact) mass is 571 g/mol. The minimum atomic E-state index is -3.77. The highest BCUT2D eigenvalue weighted by Crippen LogP contribution is 2.60. The molecule has 2 amide bonds. The van der Waals surface area contributed by atoms with Crippen LogP contribution in [0.25, 0.3) is 0 Å². The lowest BCUT2D eigenvalue weighted by Crippen LogP contribution is -2.50. The molecule has 6 rings (SSSR count). The highest BCUT2D eigenvalue weighted by molar-refractivity contribution is 7.92. The molecule has 4 aliphatic rings. The Morgan fingerprint density at radius 1 is 0.974 bits per heavy atom. The van der Waals surface area contributed by atoms with E-state index in [-0.39, 0.29) is 17.9 Å². The Labute approximate surface area is 236 Å². The van der Waals surface area contributed by atoms with Crippen LogP contribution in [0, 0.1) is 17.8 Å². The number of rotatable bonds is 9. The van der Waals surface area contributed by atoms with Gasteiger partial charge in [0.2, 0.25) is 21.8 Å². The molecule has 4 fully saturated rings. The van der Waals surface area contributed by atoms with Crippen LogP contribution in [0.15, 0.2) is 48.5 Å². The number of likely N-dealkylation sites (N-methyl/N-ethyl adjacent to an activating group) is 1. The summed E-state index contributed by atoms with van der Waals surface area (Å²) in [6.07, 6.45) is 8.88. The van der Waals surface area contributed by atoms with Crippen molar-refractivity contribution >= 4 is 39.1 Å². The number of carbonyl (C=O) groups is 2. The predicted octanol–water partition coefficient (Wildman–Crippen LogP) is 4.74. The van der Waals surface area contributed by atoms with Crippen LogP contribution in [0.1, 0.15) is 56.6 Å². The molecular weight excluding hydrogens is 534 g/mol. The summed E-state index contributed by atoms with van der Waals surface area (Å²) in [5.41, 5.74) is 2.74. The van der Waals surface area contributed by atoms with Crippen molar-refractivity contribution in [3.8, 4) is 0 Å². The molecular formula is C30H38ClN3O4S. The first-order valence-corrected chi connectivity index (χ1v) is 16.0. The van der Waals surface area contributed by atoms with Gasteiger partial charge < -0.3 is 10.2 Å². The summed E-state index contributed by atoms with van der Waals surface area (Å²) >= 11 is 6.01. The fraction of sp³-hybridized carbons (Fsp3) is 0.533. The van der Waals surface area contributed by atoms with E-state index in [4.69, 9.17) is 11.6 Å². The average Bonchev–Trinajstić information content (AvgIpc) is 2.89. The van der Waals surface area contributed by atoms with Gasteiger partial charge in [0, 0.05) is 18.6 Å². The lowest BCUT2D eigenvalue weighted by molar-refractivity contribution is -0.139. The number of carbonyl (C=O) groups excluding carboxylic acids is 2. The molecule has 0 aromatic heterocycles. The molecule has 9 heteroatoms. The molecule has 0 aliphatic heterocycles. The van der Waals surface area contributed by atoms with Crippen LogP contribution in [0.5, 0.6) is 0 Å². The van der Waals surface area contributed by atoms with Gasteiger partial charge in [0.1, 0.15) is 12.6 Å². The van der Waals surface area contributed by atoms with Crippen molar-refractivity contribution in [2.24, 2.45) is 17.8 Å². The number of nitrogens with one attached hydrogen (secondary N) is 1. The number of anilines is 1. The summed E-state index contributed by atoms with van der Waals surface area (Å²) < 4.78 is 27.0. The van der Waals surface area contributed by atoms with Gasteiger partial charge in [-0.2, -0.15) is 0 Å². The summed E-state index contributed by atoms with van der Waals surface area (Å²) in [4.78, 5) is 27.5. The minimum absolute atomic E-state index is 0.146. The Kier molecular flexibility index (Phi) is 7.72. The van der Waals surface area contributed by atoms with Crippen LogP contribution in [-0.2, 0) is 31.6 Å². The van der Waals surface area contributed by atoms with E-state index in [0.29, 0.717) is 10.7 Å². The maximum atomic E-state index is 13.6. The summed E-state index contributed by atoms with van der Waals surface area (Å²) in [7, 11) is -2.25. The Bertz CT molecular complexity index is 1290. The van der Waals surface area contributed by atoms with Crippen molar-refractivity contribution < 1.29 is 18.0 Å². The fourth-order valence-electron chi connectivity index (χ4n) is 7.64. The number of halogens is 1. The summed E-state index contributed by atoms with van der Waals surface area (Å²) in [6, 6.07) is 14.1. The largest absolute Gasteiger partial charge is 0.357 e. The van der Waals surface area contributed by atoms with Crippen molar-refractivity contribution in [2.75, 3.05) is 24.2 Å². The molecule has 2 aromatic carbocycles. The van der Waals surface area contributed by atoms with Gasteiger partial charge in [0.05, 0.1) is 11.9 Å². The molecule has 4 aliphatic carbocycles. The standard InChI is InChI=1S/C30H38ClN3O4S/c1-20(29(36)32-2)33(18-21-4-8-26(31)9-5-21)28(35)19-34(39(3,37)38)27-10-6-25(7-11-27)30-15-22-12-23(16-30)14-24(13-22)17-30/h4-11,20,22-24H,12-19H2,1-3H3,(H,32,36)/t20-,22?,23?,24?,30?/m0/s1. The molecule has 0 unspecified atom stereocenters. The van der Waals surface area contributed by atoms with Crippen molar-refractivity contribution in [1.82, 2.24) is 10.2 Å². The quantitative estimate of drug-likeness (QED) is 0.471. The molecule has 0 spiro atoms. The SMILES string of the molecule is CNC(=O)[C@H](C)N(Cc1ccc(Cl)cc1)C(=O)CN(c1ccc(C23CC4CC(CC(C4)C2)C3)cc1)S(C)(=O)=O. The molecule has 1 atom stereocenters. The molecule has 0 heterocycles. The number of hydrogen-bond acceptors (Lipinski definition) is 4. The Hall–Kier alpha value is -2.58. The number of hydrogen-bond donors (Lipinski definition) is 1. The van der Waals surface area contributed by atoms with Crippen LogP contribution < -0.4 is 9.62 Å². The first-order chi connectivity index (χ1) is 18.5. The van der Waals surface area contributed by atoms with Crippen LogP contribution in [-0.4, -0.2) is 51.0 Å². The molecule has 39 heavy (non-hydrogen) atoms. The molecule has 7 nitrogen and oxygen atoms in total. The van der Waals surface area contributed by atoms with Gasteiger partial charge in [-0.1, -0.05) is 35.9 Å². The number of sulfonamides is 1. The van der Waals surface area contributed by atoms with E-state index in [1.165, 1.54) is 56.0 Å². The van der Waals surface area contributed by atoms with Gasteiger partial charge in [-0.05, 0) is 104 Å². The van der Waals surface area contributed by atoms with Crippen LogP contribution in [0.2, 0.25) is 5.02 Å². The van der Waals surface area contributed by atoms with Gasteiger partial charge in [0.15, 0.2) is 0 Å². The second-order valence-corrected chi connectivity index (χ2v) is 14.3. The molecule has 2 aromatic rings. The van der Waals surface area contributed by atoms with Crippen molar-refractivity contribution in [3.05, 3.63) is 64.7 Å². The highest BCUT2D eigenvalue weighted by Gasteiger charge is 2.51. The summed E-state index contributed by atoms with van der Waals surface area (Å²) in [5, 5.41) is 3.15. The first kappa shape index (κ1) is 28.0. The lowest BCUT2D eigenvalue weighted by Gasteiger charge is -2.57. The van der Waals surface area contributed by atoms with E-state index >= 15 is 0 Å². The second kappa shape index (κ2) is 10.8. The Balaban J connectivity index is 1.38. The topological polar surface area (TPSA) is 86.8 Å². The van der Waals surface area contributed by atoms with Crippen LogP contribution in [0.3, 0.4) is 0 Å². The van der Waals surface area contributed by atoms with Gasteiger partial charge in [-0.3, -0.25) is 13.9 Å². The third kappa shape index (κ3) is 5.82. The summed E-state index contributed by atoms with van der Waals surface area (Å²) in [5.74, 6) is 1.65. The molecule has 4 saturated carbocycles. The van der Waals surface area contributed by atoms with Crippen LogP contribution in [0.4, 0.5) is 5.69 Å². The van der Waals surface area contributed by atoms with E-state index in [0.717, 1.165) is 33.9 Å². The van der Waals surface area contributed by atoms with E-state index in [9.17, 15) is 18.0 Å². The van der Waals surface area contributed by atoms with E-state index in [1.54, 1.807) is 31.2 Å². The normalized spacial score (nSPS) is 26.2. The van der Waals surface area contributed by atoms with Gasteiger partial charge in [-0.15, -0.1) is 0 Å². The smallest absolute Gasteiger partial charge is 0.244 e. The van der Waals surface area contributed by atoms with E-state index in [2.05, 4.69) is 17.4 Å². The predicted molar refractivity (Wildman–Crippen MR) is 154 cm³/mol. The molecule has 0 radical (unpaired) electrons. The Morgan fingerprint density at radius 3 is 2.00 bits per heavy atom. The Morgan fingerprint density at radius 2 is 1.51 bits per heavy atom. The van der Waals surface area contributed by atoms with Crippen molar-refractivity contribution in [2.45, 2.75) is 63.5 Å². The van der Waals surface area contributed by atoms with E-state index < -0.39 is 28.5 Å². The zero-order chi connectivity index (χ0) is 27.9. The van der Waals surface area contributed by atoms with Crippen LogP contribution >= 0.6 is 11.6 Å². The first-order valence-electron chi connectivity index (χ1n) is 13.8. The highest BCUT2D eigenvalue weighted by atomic mass is 35.5.